The maximum Gasteiger partial charge on any atom is 0.224 e. The lowest BCUT2D eigenvalue weighted by atomic mass is 9.94. The summed E-state index contributed by atoms with van der Waals surface area (Å²) in [6.45, 7) is 0. The van der Waals surface area contributed by atoms with Crippen LogP contribution >= 0.6 is 0 Å². The summed E-state index contributed by atoms with van der Waals surface area (Å²) in [4.78, 5) is 11.4. The quantitative estimate of drug-likeness (QED) is 0.894. The monoisotopic (exact) mass is 294 g/mol. The van der Waals surface area contributed by atoms with Crippen LogP contribution in [0.5, 0.6) is 5.75 Å². The first-order chi connectivity index (χ1) is 10.7. The van der Waals surface area contributed by atoms with Crippen molar-refractivity contribution in [2.24, 2.45) is 5.73 Å². The predicted molar refractivity (Wildman–Crippen MR) is 84.9 cm³/mol. The second-order valence-corrected chi connectivity index (χ2v) is 5.96. The van der Waals surface area contributed by atoms with E-state index >= 15 is 0 Å². The van der Waals surface area contributed by atoms with Crippen LogP contribution < -0.4 is 15.8 Å². The Morgan fingerprint density at radius 3 is 2.86 bits per heavy atom. The first-order valence-electron chi connectivity index (χ1n) is 7.63. The Hall–Kier alpha value is -2.33. The molecule has 0 fully saturated rings. The number of carbonyl (C=O) groups excluding carboxylic acids is 1. The van der Waals surface area contributed by atoms with Gasteiger partial charge in [-0.15, -0.1) is 0 Å². The van der Waals surface area contributed by atoms with Crippen molar-refractivity contribution >= 4 is 11.6 Å². The van der Waals surface area contributed by atoms with Gasteiger partial charge in [-0.3, -0.25) is 4.79 Å². The molecule has 22 heavy (non-hydrogen) atoms. The highest BCUT2D eigenvalue weighted by Crippen LogP contribution is 2.34. The second-order valence-electron chi connectivity index (χ2n) is 5.96. The Labute approximate surface area is 129 Å². The highest BCUT2D eigenvalue weighted by atomic mass is 16.5. The molecule has 1 amide bonds. The van der Waals surface area contributed by atoms with Crippen molar-refractivity contribution in [1.29, 1.82) is 0 Å². The normalized spacial score (nSPS) is 20.6. The number of anilines is 1. The average Bonchev–Trinajstić information content (AvgIpc) is 2.97. The largest absolute Gasteiger partial charge is 0.488 e. The molecule has 4 heteroatoms. The zero-order valence-electron chi connectivity index (χ0n) is 12.2. The Kier molecular flexibility index (Phi) is 3.12. The minimum absolute atomic E-state index is 0.0337. The van der Waals surface area contributed by atoms with Gasteiger partial charge in [0.25, 0.3) is 0 Å². The maximum absolute atomic E-state index is 11.4. The van der Waals surface area contributed by atoms with Gasteiger partial charge >= 0.3 is 0 Å². The molecule has 2 unspecified atom stereocenters. The summed E-state index contributed by atoms with van der Waals surface area (Å²) in [6, 6.07) is 14.0. The molecule has 3 N–H and O–H groups in total. The molecule has 2 aromatic carbocycles. The van der Waals surface area contributed by atoms with Crippen molar-refractivity contribution in [1.82, 2.24) is 0 Å². The van der Waals surface area contributed by atoms with E-state index < -0.39 is 0 Å². The number of rotatable bonds is 2. The van der Waals surface area contributed by atoms with Crippen molar-refractivity contribution in [3.63, 3.8) is 0 Å². The first-order valence-corrected chi connectivity index (χ1v) is 7.63. The number of benzene rings is 2. The van der Waals surface area contributed by atoms with Crippen LogP contribution in [0.15, 0.2) is 42.5 Å². The molecule has 0 spiro atoms. The van der Waals surface area contributed by atoms with Gasteiger partial charge in [0.15, 0.2) is 0 Å². The van der Waals surface area contributed by atoms with Crippen LogP contribution in [0.1, 0.15) is 29.2 Å². The van der Waals surface area contributed by atoms with E-state index in [1.165, 1.54) is 5.56 Å². The van der Waals surface area contributed by atoms with E-state index in [-0.39, 0.29) is 18.1 Å². The lowest BCUT2D eigenvalue weighted by Gasteiger charge is -2.23. The second kappa shape index (κ2) is 5.14. The van der Waals surface area contributed by atoms with E-state index in [4.69, 9.17) is 10.5 Å². The zero-order valence-corrected chi connectivity index (χ0v) is 12.2. The Morgan fingerprint density at radius 1 is 1.14 bits per heavy atom. The molecule has 0 bridgehead atoms. The van der Waals surface area contributed by atoms with Crippen LogP contribution in [0.4, 0.5) is 5.69 Å². The molecule has 2 aliphatic heterocycles. The summed E-state index contributed by atoms with van der Waals surface area (Å²) < 4.78 is 5.99. The van der Waals surface area contributed by atoms with Crippen molar-refractivity contribution in [3.05, 3.63) is 59.2 Å². The SMILES string of the molecule is NC(c1ccc2c(c1)CCC(=O)N2)C1Cc2ccccc2O1. The molecule has 112 valence electrons. The van der Waals surface area contributed by atoms with Crippen LogP contribution in [0, 0.1) is 0 Å². The molecule has 0 saturated heterocycles. The van der Waals surface area contributed by atoms with E-state index in [1.807, 2.05) is 30.3 Å². The molecule has 4 rings (SSSR count). The first kappa shape index (κ1) is 13.3. The molecular weight excluding hydrogens is 276 g/mol. The van der Waals surface area contributed by atoms with Crippen LogP contribution in [0.25, 0.3) is 0 Å². The highest BCUT2D eigenvalue weighted by molar-refractivity contribution is 5.93. The molecule has 0 aliphatic carbocycles. The van der Waals surface area contributed by atoms with Gasteiger partial charge in [0.1, 0.15) is 11.9 Å². The standard InChI is InChI=1S/C18H18N2O2/c19-18(16-10-12-3-1-2-4-15(12)22-16)13-5-7-14-11(9-13)6-8-17(21)20-14/h1-5,7,9,16,18H,6,8,10,19H2,(H,20,21). The Balaban J connectivity index is 1.57. The van der Waals surface area contributed by atoms with E-state index in [9.17, 15) is 4.79 Å². The van der Waals surface area contributed by atoms with Gasteiger partial charge in [0, 0.05) is 18.5 Å². The number of nitrogens with two attached hydrogens (primary N) is 1. The van der Waals surface area contributed by atoms with E-state index in [1.54, 1.807) is 0 Å². The number of hydrogen-bond donors (Lipinski definition) is 2. The summed E-state index contributed by atoms with van der Waals surface area (Å²) in [5, 5.41) is 2.90. The fourth-order valence-corrected chi connectivity index (χ4v) is 3.23. The topological polar surface area (TPSA) is 64.4 Å². The van der Waals surface area contributed by atoms with E-state index in [2.05, 4.69) is 17.4 Å². The van der Waals surface area contributed by atoms with Crippen LogP contribution in [0.2, 0.25) is 0 Å². The van der Waals surface area contributed by atoms with Gasteiger partial charge in [-0.25, -0.2) is 0 Å². The molecule has 2 heterocycles. The third-order valence-corrected chi connectivity index (χ3v) is 4.48. The zero-order chi connectivity index (χ0) is 15.1. The number of nitrogens with one attached hydrogen (secondary N) is 1. The number of hydrogen-bond acceptors (Lipinski definition) is 3. The lowest BCUT2D eigenvalue weighted by Crippen LogP contribution is -2.30. The summed E-state index contributed by atoms with van der Waals surface area (Å²) in [5.74, 6) is 1.02. The van der Waals surface area contributed by atoms with Crippen LogP contribution in [-0.2, 0) is 17.6 Å². The molecule has 0 aromatic heterocycles. The maximum atomic E-state index is 11.4. The molecule has 2 atom stereocenters. The third kappa shape index (κ3) is 2.25. The van der Waals surface area contributed by atoms with Crippen LogP contribution in [0.3, 0.4) is 0 Å². The number of para-hydroxylation sites is 1. The Bertz CT molecular complexity index is 717. The summed E-state index contributed by atoms with van der Waals surface area (Å²) >= 11 is 0. The molecule has 0 radical (unpaired) electrons. The van der Waals surface area contributed by atoms with Crippen molar-refractivity contribution < 1.29 is 9.53 Å². The van der Waals surface area contributed by atoms with Crippen molar-refractivity contribution in [3.8, 4) is 5.75 Å². The van der Waals surface area contributed by atoms with Crippen LogP contribution in [-0.4, -0.2) is 12.0 Å². The molecule has 2 aliphatic rings. The van der Waals surface area contributed by atoms with Gasteiger partial charge in [-0.2, -0.15) is 0 Å². The number of ether oxygens (including phenoxy) is 1. The minimum atomic E-state index is -0.171. The fourth-order valence-electron chi connectivity index (χ4n) is 3.23. The minimum Gasteiger partial charge on any atom is -0.488 e. The van der Waals surface area contributed by atoms with Gasteiger partial charge in [0.2, 0.25) is 5.91 Å². The summed E-state index contributed by atoms with van der Waals surface area (Å²) in [5.41, 5.74) is 10.8. The third-order valence-electron chi connectivity index (χ3n) is 4.48. The average molecular weight is 294 g/mol. The molecule has 4 nitrogen and oxygen atoms in total. The number of amides is 1. The van der Waals surface area contributed by atoms with Crippen molar-refractivity contribution in [2.75, 3.05) is 5.32 Å². The van der Waals surface area contributed by atoms with E-state index in [0.29, 0.717) is 6.42 Å². The van der Waals surface area contributed by atoms with E-state index in [0.717, 1.165) is 35.4 Å². The molecule has 0 saturated carbocycles. The highest BCUT2D eigenvalue weighted by Gasteiger charge is 2.29. The summed E-state index contributed by atoms with van der Waals surface area (Å²) in [6.07, 6.45) is 2.11. The number of aryl methyl sites for hydroxylation is 1. The lowest BCUT2D eigenvalue weighted by molar-refractivity contribution is -0.116. The number of fused-ring (bicyclic) bond motifs is 2. The van der Waals surface area contributed by atoms with Gasteiger partial charge in [-0.05, 0) is 35.2 Å². The predicted octanol–water partition coefficient (Wildman–Crippen LogP) is 2.57. The van der Waals surface area contributed by atoms with Gasteiger partial charge < -0.3 is 15.8 Å². The number of carbonyl (C=O) groups is 1. The fraction of sp³-hybridized carbons (Fsp3) is 0.278. The summed E-state index contributed by atoms with van der Waals surface area (Å²) in [7, 11) is 0. The van der Waals surface area contributed by atoms with Gasteiger partial charge in [0.05, 0.1) is 6.04 Å². The Morgan fingerprint density at radius 2 is 2.00 bits per heavy atom. The molecular formula is C18H18N2O2. The van der Waals surface area contributed by atoms with Gasteiger partial charge in [-0.1, -0.05) is 30.3 Å². The molecule has 2 aromatic rings. The van der Waals surface area contributed by atoms with Crippen molar-refractivity contribution in [2.45, 2.75) is 31.4 Å². The smallest absolute Gasteiger partial charge is 0.224 e.